The third-order valence-electron chi connectivity index (χ3n) is 6.32. The molecule has 0 unspecified atom stereocenters. The fourth-order valence-electron chi connectivity index (χ4n) is 4.49. The predicted molar refractivity (Wildman–Crippen MR) is 113 cm³/mol. The largest absolute Gasteiger partial charge is 0.370 e. The second-order valence-electron chi connectivity index (χ2n) is 8.28. The fraction of sp³-hybridized carbons (Fsp3) is 0.619. The van der Waals surface area contributed by atoms with E-state index in [1.54, 1.807) is 6.33 Å². The van der Waals surface area contributed by atoms with E-state index >= 15 is 0 Å². The van der Waals surface area contributed by atoms with Crippen molar-refractivity contribution >= 4 is 28.7 Å². The molecule has 0 bridgehead atoms. The van der Waals surface area contributed by atoms with Crippen LogP contribution < -0.4 is 4.90 Å². The van der Waals surface area contributed by atoms with Gasteiger partial charge in [0.1, 0.15) is 24.4 Å². The van der Waals surface area contributed by atoms with Gasteiger partial charge in [0.25, 0.3) is 5.91 Å². The summed E-state index contributed by atoms with van der Waals surface area (Å²) >= 11 is 0. The number of hydrogen-bond donors (Lipinski definition) is 1. The molecule has 30 heavy (non-hydrogen) atoms. The Labute approximate surface area is 176 Å². The molecule has 2 atom stereocenters. The summed E-state index contributed by atoms with van der Waals surface area (Å²) in [7, 11) is 2.10. The second kappa shape index (κ2) is 9.09. The average Bonchev–Trinajstić information content (AvgIpc) is 3.23. The molecule has 9 nitrogen and oxygen atoms in total. The molecule has 4 heterocycles. The van der Waals surface area contributed by atoms with Gasteiger partial charge in [-0.1, -0.05) is 6.92 Å². The average molecular weight is 415 g/mol. The molecule has 2 aromatic rings. The van der Waals surface area contributed by atoms with E-state index in [0.717, 1.165) is 49.3 Å². The smallest absolute Gasteiger partial charge is 0.255 e. The standard InChI is InChI=1S/C21H30N6O3/c1-15-6-9-26(8-3-4-18(28)27-10-11-30-13-19(27)29)12-17(15)25(2)21-16-5-7-22-20(16)23-14-24-21/h5,7,14-15,17H,3-4,6,8-13H2,1-2H3,(H,22,23,24)/t15-,17+/m1/s1. The molecule has 0 radical (unpaired) electrons. The Bertz CT molecular complexity index is 900. The van der Waals surface area contributed by atoms with Crippen LogP contribution in [-0.2, 0) is 14.3 Å². The van der Waals surface area contributed by atoms with E-state index in [0.29, 0.717) is 31.5 Å². The lowest BCUT2D eigenvalue weighted by atomic mass is 9.92. The van der Waals surface area contributed by atoms with Gasteiger partial charge in [-0.2, -0.15) is 0 Å². The molecule has 162 valence electrons. The molecule has 2 amide bonds. The Morgan fingerprint density at radius 3 is 3.07 bits per heavy atom. The van der Waals surface area contributed by atoms with Crippen LogP contribution >= 0.6 is 0 Å². The SMILES string of the molecule is C[C@@H]1CCN(CCCC(=O)N2CCOCC2=O)C[C@@H]1N(C)c1ncnc2[nH]ccc12. The maximum absolute atomic E-state index is 12.4. The van der Waals surface area contributed by atoms with Crippen molar-refractivity contribution < 1.29 is 14.3 Å². The molecule has 1 N–H and O–H groups in total. The minimum absolute atomic E-state index is 0.0151. The number of piperidine rings is 1. The van der Waals surface area contributed by atoms with Gasteiger partial charge in [-0.25, -0.2) is 9.97 Å². The van der Waals surface area contributed by atoms with Gasteiger partial charge in [0.05, 0.1) is 18.5 Å². The van der Waals surface area contributed by atoms with Gasteiger partial charge in [0.15, 0.2) is 0 Å². The second-order valence-corrected chi connectivity index (χ2v) is 8.28. The zero-order valence-electron chi connectivity index (χ0n) is 17.7. The number of hydrogen-bond acceptors (Lipinski definition) is 7. The van der Waals surface area contributed by atoms with Gasteiger partial charge in [-0.05, 0) is 37.9 Å². The summed E-state index contributed by atoms with van der Waals surface area (Å²) in [5.74, 6) is 1.18. The number of aromatic amines is 1. The molecule has 0 saturated carbocycles. The van der Waals surface area contributed by atoms with Crippen molar-refractivity contribution in [3.63, 3.8) is 0 Å². The first-order valence-electron chi connectivity index (χ1n) is 10.7. The van der Waals surface area contributed by atoms with Crippen LogP contribution in [-0.4, -0.2) is 89.0 Å². The van der Waals surface area contributed by atoms with Gasteiger partial charge in [-0.15, -0.1) is 0 Å². The molecule has 4 rings (SSSR count). The number of aromatic nitrogens is 3. The molecule has 0 aromatic carbocycles. The van der Waals surface area contributed by atoms with Crippen molar-refractivity contribution in [3.05, 3.63) is 18.6 Å². The van der Waals surface area contributed by atoms with E-state index in [1.165, 1.54) is 4.90 Å². The lowest BCUT2D eigenvalue weighted by Crippen LogP contribution is -2.51. The Balaban J connectivity index is 1.33. The van der Waals surface area contributed by atoms with Crippen LogP contribution in [0.4, 0.5) is 5.82 Å². The van der Waals surface area contributed by atoms with Crippen LogP contribution in [0.2, 0.25) is 0 Å². The van der Waals surface area contributed by atoms with Crippen LogP contribution in [0.3, 0.4) is 0 Å². The van der Waals surface area contributed by atoms with Gasteiger partial charge in [0, 0.05) is 32.3 Å². The van der Waals surface area contributed by atoms with Gasteiger partial charge in [-0.3, -0.25) is 14.5 Å². The number of nitrogens with one attached hydrogen (secondary N) is 1. The van der Waals surface area contributed by atoms with Crippen molar-refractivity contribution in [2.45, 2.75) is 32.2 Å². The normalized spacial score (nSPS) is 23.1. The lowest BCUT2D eigenvalue weighted by Gasteiger charge is -2.42. The number of likely N-dealkylation sites (tertiary alicyclic amines) is 1. The van der Waals surface area contributed by atoms with E-state index in [4.69, 9.17) is 4.74 Å². The van der Waals surface area contributed by atoms with Crippen molar-refractivity contribution in [2.75, 3.05) is 51.3 Å². The number of amides is 2. The highest BCUT2D eigenvalue weighted by Gasteiger charge is 2.31. The van der Waals surface area contributed by atoms with Gasteiger partial charge in [0.2, 0.25) is 5.91 Å². The number of carbonyl (C=O) groups is 2. The van der Waals surface area contributed by atoms with E-state index in [1.807, 2.05) is 12.3 Å². The van der Waals surface area contributed by atoms with E-state index in [-0.39, 0.29) is 18.4 Å². The predicted octanol–water partition coefficient (Wildman–Crippen LogP) is 1.27. The van der Waals surface area contributed by atoms with E-state index in [9.17, 15) is 9.59 Å². The molecular formula is C21H30N6O3. The minimum atomic E-state index is -0.222. The first kappa shape index (κ1) is 20.7. The Morgan fingerprint density at radius 1 is 1.37 bits per heavy atom. The summed E-state index contributed by atoms with van der Waals surface area (Å²) in [6.07, 6.45) is 5.75. The van der Waals surface area contributed by atoms with Crippen LogP contribution in [0.25, 0.3) is 11.0 Å². The van der Waals surface area contributed by atoms with Crippen molar-refractivity contribution in [3.8, 4) is 0 Å². The number of carbonyl (C=O) groups excluding carboxylic acids is 2. The third-order valence-corrected chi connectivity index (χ3v) is 6.32. The van der Waals surface area contributed by atoms with Crippen LogP contribution in [0, 0.1) is 5.92 Å². The van der Waals surface area contributed by atoms with Crippen LogP contribution in [0.5, 0.6) is 0 Å². The molecule has 2 saturated heterocycles. The Kier molecular flexibility index (Phi) is 6.29. The highest BCUT2D eigenvalue weighted by atomic mass is 16.5. The topological polar surface area (TPSA) is 94.7 Å². The van der Waals surface area contributed by atoms with Crippen molar-refractivity contribution in [1.29, 1.82) is 0 Å². The molecule has 9 heteroatoms. The van der Waals surface area contributed by atoms with Crippen LogP contribution in [0.15, 0.2) is 18.6 Å². The van der Waals surface area contributed by atoms with Gasteiger partial charge < -0.3 is 19.5 Å². The summed E-state index contributed by atoms with van der Waals surface area (Å²) in [4.78, 5) is 42.2. The summed E-state index contributed by atoms with van der Waals surface area (Å²) in [6, 6.07) is 2.36. The lowest BCUT2D eigenvalue weighted by molar-refractivity contribution is -0.153. The van der Waals surface area contributed by atoms with E-state index in [2.05, 4.69) is 38.7 Å². The molecule has 2 aliphatic rings. The number of anilines is 1. The Hall–Kier alpha value is -2.52. The summed E-state index contributed by atoms with van der Waals surface area (Å²) in [5, 5.41) is 1.03. The monoisotopic (exact) mass is 414 g/mol. The number of H-pyrrole nitrogens is 1. The molecule has 2 aromatic heterocycles. The highest BCUT2D eigenvalue weighted by molar-refractivity contribution is 5.96. The van der Waals surface area contributed by atoms with Crippen molar-refractivity contribution in [2.24, 2.45) is 5.92 Å². The quantitative estimate of drug-likeness (QED) is 0.761. The first-order valence-corrected chi connectivity index (χ1v) is 10.7. The molecule has 0 aliphatic carbocycles. The number of nitrogens with zero attached hydrogens (tertiary/aromatic N) is 5. The van der Waals surface area contributed by atoms with Crippen molar-refractivity contribution in [1.82, 2.24) is 24.8 Å². The first-order chi connectivity index (χ1) is 14.5. The van der Waals surface area contributed by atoms with Crippen LogP contribution in [0.1, 0.15) is 26.2 Å². The third kappa shape index (κ3) is 4.32. The highest BCUT2D eigenvalue weighted by Crippen LogP contribution is 2.28. The molecule has 0 spiro atoms. The zero-order valence-corrected chi connectivity index (χ0v) is 17.7. The van der Waals surface area contributed by atoms with E-state index < -0.39 is 0 Å². The maximum atomic E-state index is 12.4. The number of ether oxygens (including phenoxy) is 1. The number of rotatable bonds is 6. The number of fused-ring (bicyclic) bond motifs is 1. The minimum Gasteiger partial charge on any atom is -0.370 e. The summed E-state index contributed by atoms with van der Waals surface area (Å²) in [5.41, 5.74) is 0.850. The maximum Gasteiger partial charge on any atom is 0.255 e. The fourth-order valence-corrected chi connectivity index (χ4v) is 4.49. The Morgan fingerprint density at radius 2 is 2.23 bits per heavy atom. The summed E-state index contributed by atoms with van der Waals surface area (Å²) < 4.78 is 5.10. The van der Waals surface area contributed by atoms with Gasteiger partial charge >= 0.3 is 0 Å². The summed E-state index contributed by atoms with van der Waals surface area (Å²) in [6.45, 7) is 5.93. The molecular weight excluding hydrogens is 384 g/mol. The number of imide groups is 1. The number of likely N-dealkylation sites (N-methyl/N-ethyl adjacent to an activating group) is 1. The number of morpholine rings is 1. The molecule has 2 fully saturated rings. The zero-order chi connectivity index (χ0) is 21.1. The molecule has 2 aliphatic heterocycles.